The molecule has 2 amide bonds. The fourth-order valence-electron chi connectivity index (χ4n) is 3.76. The van der Waals surface area contributed by atoms with Gasteiger partial charge in [-0.15, -0.1) is 11.3 Å². The van der Waals surface area contributed by atoms with Crippen LogP contribution in [0.25, 0.3) is 0 Å². The van der Waals surface area contributed by atoms with Gasteiger partial charge in [-0.3, -0.25) is 14.6 Å². The predicted octanol–water partition coefficient (Wildman–Crippen LogP) is 1.86. The van der Waals surface area contributed by atoms with Crippen LogP contribution < -0.4 is 5.32 Å². The number of likely N-dealkylation sites (tertiary alicyclic amines) is 1. The summed E-state index contributed by atoms with van der Waals surface area (Å²) < 4.78 is 5.61. The first-order chi connectivity index (χ1) is 12.6. The lowest BCUT2D eigenvalue weighted by Crippen LogP contribution is -2.46. The number of rotatable bonds is 4. The molecule has 7 heteroatoms. The molecule has 0 aliphatic carbocycles. The number of amides is 2. The summed E-state index contributed by atoms with van der Waals surface area (Å²) in [6.07, 6.45) is 1.71. The van der Waals surface area contributed by atoms with E-state index in [1.54, 1.807) is 11.1 Å². The van der Waals surface area contributed by atoms with Crippen LogP contribution in [0.3, 0.4) is 0 Å². The Morgan fingerprint density at radius 1 is 1.46 bits per heavy atom. The van der Waals surface area contributed by atoms with Crippen molar-refractivity contribution in [2.24, 2.45) is 11.3 Å². The minimum Gasteiger partial charge on any atom is -0.380 e. The smallest absolute Gasteiger partial charge is 0.263 e. The van der Waals surface area contributed by atoms with Gasteiger partial charge in [0.2, 0.25) is 5.91 Å². The molecule has 2 aliphatic rings. The molecule has 2 atom stereocenters. The molecule has 1 N–H and O–H groups in total. The highest BCUT2D eigenvalue weighted by Crippen LogP contribution is 2.42. The lowest BCUT2D eigenvalue weighted by molar-refractivity contribution is -0.131. The Hall–Kier alpha value is -2.25. The van der Waals surface area contributed by atoms with E-state index in [0.717, 1.165) is 16.1 Å². The van der Waals surface area contributed by atoms with Gasteiger partial charge in [0.25, 0.3) is 5.91 Å². The second kappa shape index (κ2) is 6.81. The molecule has 4 heterocycles. The van der Waals surface area contributed by atoms with E-state index >= 15 is 0 Å². The van der Waals surface area contributed by atoms with Gasteiger partial charge >= 0.3 is 0 Å². The van der Waals surface area contributed by atoms with Gasteiger partial charge in [0.15, 0.2) is 0 Å². The Morgan fingerprint density at radius 2 is 2.35 bits per heavy atom. The molecule has 0 aromatic carbocycles. The summed E-state index contributed by atoms with van der Waals surface area (Å²) in [6, 6.07) is 7.53. The second-order valence-corrected chi connectivity index (χ2v) is 7.96. The van der Waals surface area contributed by atoms with Gasteiger partial charge in [-0.2, -0.15) is 0 Å². The first-order valence-corrected chi connectivity index (χ1v) is 9.57. The van der Waals surface area contributed by atoms with E-state index in [9.17, 15) is 9.59 Å². The van der Waals surface area contributed by atoms with E-state index in [0.29, 0.717) is 32.8 Å². The maximum Gasteiger partial charge on any atom is 0.263 e. The zero-order chi connectivity index (χ0) is 18.1. The van der Waals surface area contributed by atoms with Gasteiger partial charge in [-0.25, -0.2) is 0 Å². The maximum absolute atomic E-state index is 13.0. The molecular formula is C19H21N3O3S. The van der Waals surface area contributed by atoms with E-state index in [1.165, 1.54) is 11.3 Å². The van der Waals surface area contributed by atoms with Gasteiger partial charge in [-0.05, 0) is 36.1 Å². The zero-order valence-electron chi connectivity index (χ0n) is 14.6. The Bertz CT molecular complexity index is 822. The molecule has 0 saturated carbocycles. The molecule has 2 saturated heterocycles. The highest BCUT2D eigenvalue weighted by molar-refractivity contribution is 7.12. The van der Waals surface area contributed by atoms with Gasteiger partial charge in [-0.1, -0.05) is 6.07 Å². The van der Waals surface area contributed by atoms with E-state index in [2.05, 4.69) is 10.3 Å². The van der Waals surface area contributed by atoms with Crippen molar-refractivity contribution < 1.29 is 14.3 Å². The summed E-state index contributed by atoms with van der Waals surface area (Å²) in [6.45, 7) is 4.20. The van der Waals surface area contributed by atoms with Crippen LogP contribution in [0, 0.1) is 18.3 Å². The molecule has 2 fully saturated rings. The van der Waals surface area contributed by atoms with Crippen molar-refractivity contribution >= 4 is 23.2 Å². The Kier molecular flexibility index (Phi) is 4.50. The average Bonchev–Trinajstić information content (AvgIpc) is 3.34. The number of hydrogen-bond donors (Lipinski definition) is 1. The SMILES string of the molecule is Cc1csc(C(=O)N2C[C@@H]3COC[C@]3(C(=O)NCc3ccccn3)C2)c1. The van der Waals surface area contributed by atoms with Crippen molar-refractivity contribution in [3.05, 3.63) is 52.0 Å². The molecule has 2 aromatic rings. The van der Waals surface area contributed by atoms with Gasteiger partial charge in [0, 0.05) is 25.2 Å². The van der Waals surface area contributed by atoms with Gasteiger partial charge in [0.1, 0.15) is 0 Å². The first-order valence-electron chi connectivity index (χ1n) is 8.69. The van der Waals surface area contributed by atoms with Gasteiger partial charge < -0.3 is 15.0 Å². The lowest BCUT2D eigenvalue weighted by Gasteiger charge is -2.25. The molecule has 4 rings (SSSR count). The van der Waals surface area contributed by atoms with Crippen LogP contribution in [0.5, 0.6) is 0 Å². The number of hydrogen-bond acceptors (Lipinski definition) is 5. The third-order valence-electron chi connectivity index (χ3n) is 5.21. The third kappa shape index (κ3) is 3.01. The number of carbonyl (C=O) groups excluding carboxylic acids is 2. The summed E-state index contributed by atoms with van der Waals surface area (Å²) in [5.41, 5.74) is 1.24. The molecule has 136 valence electrons. The van der Waals surface area contributed by atoms with Crippen LogP contribution in [-0.4, -0.2) is 48.0 Å². The number of ether oxygens (including phenoxy) is 1. The number of aromatic nitrogens is 1. The average molecular weight is 371 g/mol. The van der Waals surface area contributed by atoms with Gasteiger partial charge in [0.05, 0.1) is 35.7 Å². The van der Waals surface area contributed by atoms with Crippen molar-refractivity contribution in [2.75, 3.05) is 26.3 Å². The standard InChI is InChI=1S/C19H21N3O3S/c1-13-6-16(26-10-13)17(23)22-8-14-9-25-12-19(14,11-22)18(24)21-7-15-4-2-3-5-20-15/h2-6,10,14H,7-9,11-12H2,1H3,(H,21,24)/t14-,19-/m1/s1. The fourth-order valence-corrected chi connectivity index (χ4v) is 4.63. The van der Waals surface area contributed by atoms with E-state index < -0.39 is 5.41 Å². The van der Waals surface area contributed by atoms with Crippen molar-refractivity contribution in [1.82, 2.24) is 15.2 Å². The molecule has 0 radical (unpaired) electrons. The molecule has 0 spiro atoms. The molecular weight excluding hydrogens is 350 g/mol. The predicted molar refractivity (Wildman–Crippen MR) is 97.8 cm³/mol. The first kappa shape index (κ1) is 17.2. The Morgan fingerprint density at radius 3 is 3.08 bits per heavy atom. The number of pyridine rings is 1. The highest BCUT2D eigenvalue weighted by atomic mass is 32.1. The summed E-state index contributed by atoms with van der Waals surface area (Å²) in [5, 5.41) is 4.96. The Balaban J connectivity index is 1.47. The Labute approximate surface area is 156 Å². The lowest BCUT2D eigenvalue weighted by atomic mass is 9.80. The van der Waals surface area contributed by atoms with Crippen LogP contribution in [0.15, 0.2) is 35.8 Å². The molecule has 0 unspecified atom stereocenters. The molecule has 0 bridgehead atoms. The van der Waals surface area contributed by atoms with Crippen LogP contribution in [0.1, 0.15) is 20.9 Å². The number of carbonyl (C=O) groups is 2. The summed E-state index contributed by atoms with van der Waals surface area (Å²) in [4.78, 5) is 32.5. The summed E-state index contributed by atoms with van der Waals surface area (Å²) in [7, 11) is 0. The number of nitrogens with zero attached hydrogens (tertiary/aromatic N) is 2. The zero-order valence-corrected chi connectivity index (χ0v) is 15.4. The van der Waals surface area contributed by atoms with Crippen molar-refractivity contribution in [1.29, 1.82) is 0 Å². The topological polar surface area (TPSA) is 71.5 Å². The number of nitrogens with one attached hydrogen (secondary N) is 1. The quantitative estimate of drug-likeness (QED) is 0.890. The normalized spacial score (nSPS) is 24.5. The van der Waals surface area contributed by atoms with Crippen LogP contribution in [0.4, 0.5) is 0 Å². The molecule has 2 aliphatic heterocycles. The highest BCUT2D eigenvalue weighted by Gasteiger charge is 2.56. The molecule has 26 heavy (non-hydrogen) atoms. The van der Waals surface area contributed by atoms with Crippen molar-refractivity contribution in [3.63, 3.8) is 0 Å². The largest absolute Gasteiger partial charge is 0.380 e. The number of thiophene rings is 1. The number of fused-ring (bicyclic) bond motifs is 1. The second-order valence-electron chi connectivity index (χ2n) is 7.05. The minimum atomic E-state index is -0.656. The minimum absolute atomic E-state index is 0.00870. The summed E-state index contributed by atoms with van der Waals surface area (Å²) >= 11 is 1.46. The maximum atomic E-state index is 13.0. The number of aryl methyl sites for hydroxylation is 1. The van der Waals surface area contributed by atoms with E-state index in [4.69, 9.17) is 4.74 Å². The van der Waals surface area contributed by atoms with Crippen molar-refractivity contribution in [3.8, 4) is 0 Å². The van der Waals surface area contributed by atoms with Crippen molar-refractivity contribution in [2.45, 2.75) is 13.5 Å². The van der Waals surface area contributed by atoms with E-state index in [-0.39, 0.29) is 17.7 Å². The van der Waals surface area contributed by atoms with Crippen LogP contribution in [-0.2, 0) is 16.1 Å². The van der Waals surface area contributed by atoms with E-state index in [1.807, 2.05) is 36.6 Å². The van der Waals surface area contributed by atoms with Crippen LogP contribution in [0.2, 0.25) is 0 Å². The fraction of sp³-hybridized carbons (Fsp3) is 0.421. The monoisotopic (exact) mass is 371 g/mol. The molecule has 6 nitrogen and oxygen atoms in total. The summed E-state index contributed by atoms with van der Waals surface area (Å²) in [5.74, 6) is -0.00560. The third-order valence-corrected chi connectivity index (χ3v) is 6.25. The molecule has 2 aromatic heterocycles. The van der Waals surface area contributed by atoms with Crippen LogP contribution >= 0.6 is 11.3 Å².